The third-order valence-corrected chi connectivity index (χ3v) is 3.39. The SMILES string of the molecule is CC(C)(C)C1CCNc2cc(Br)cnc2N1. The van der Waals surface area contributed by atoms with Crippen molar-refractivity contribution in [2.75, 3.05) is 17.2 Å². The Labute approximate surface area is 105 Å². The highest BCUT2D eigenvalue weighted by atomic mass is 79.9. The summed E-state index contributed by atoms with van der Waals surface area (Å²) >= 11 is 3.44. The first kappa shape index (κ1) is 11.7. The molecule has 1 atom stereocenters. The molecule has 16 heavy (non-hydrogen) atoms. The van der Waals surface area contributed by atoms with Crippen molar-refractivity contribution in [1.29, 1.82) is 0 Å². The molecule has 0 spiro atoms. The monoisotopic (exact) mass is 283 g/mol. The molecule has 0 radical (unpaired) electrons. The molecular formula is C12H18BrN3. The summed E-state index contributed by atoms with van der Waals surface area (Å²) in [6.07, 6.45) is 2.94. The van der Waals surface area contributed by atoms with Gasteiger partial charge in [0.05, 0.1) is 5.69 Å². The quantitative estimate of drug-likeness (QED) is 0.765. The number of halogens is 1. The van der Waals surface area contributed by atoms with Crippen LogP contribution in [-0.4, -0.2) is 17.6 Å². The number of aromatic nitrogens is 1. The molecule has 1 aliphatic rings. The summed E-state index contributed by atoms with van der Waals surface area (Å²) in [4.78, 5) is 4.42. The van der Waals surface area contributed by atoms with E-state index in [0.717, 1.165) is 28.9 Å². The topological polar surface area (TPSA) is 37.0 Å². The molecule has 0 aliphatic carbocycles. The number of fused-ring (bicyclic) bond motifs is 1. The number of pyridine rings is 1. The summed E-state index contributed by atoms with van der Waals surface area (Å²) in [5, 5.41) is 6.95. The number of nitrogens with one attached hydrogen (secondary N) is 2. The minimum Gasteiger partial charge on any atom is -0.382 e. The lowest BCUT2D eigenvalue weighted by Gasteiger charge is -2.30. The molecular weight excluding hydrogens is 266 g/mol. The molecule has 2 N–H and O–H groups in total. The molecule has 0 saturated heterocycles. The zero-order valence-corrected chi connectivity index (χ0v) is 11.6. The molecule has 0 saturated carbocycles. The van der Waals surface area contributed by atoms with E-state index in [2.05, 4.69) is 58.4 Å². The van der Waals surface area contributed by atoms with E-state index in [9.17, 15) is 0 Å². The minimum atomic E-state index is 0.248. The van der Waals surface area contributed by atoms with Gasteiger partial charge in [0.1, 0.15) is 5.82 Å². The lowest BCUT2D eigenvalue weighted by atomic mass is 9.85. The lowest BCUT2D eigenvalue weighted by Crippen LogP contribution is -2.34. The van der Waals surface area contributed by atoms with Gasteiger partial charge in [-0.15, -0.1) is 0 Å². The Kier molecular flexibility index (Phi) is 3.10. The fraction of sp³-hybridized carbons (Fsp3) is 0.583. The van der Waals surface area contributed by atoms with Crippen molar-refractivity contribution in [1.82, 2.24) is 4.98 Å². The molecule has 0 fully saturated rings. The van der Waals surface area contributed by atoms with E-state index >= 15 is 0 Å². The van der Waals surface area contributed by atoms with E-state index in [-0.39, 0.29) is 5.41 Å². The summed E-state index contributed by atoms with van der Waals surface area (Å²) in [7, 11) is 0. The molecule has 2 heterocycles. The van der Waals surface area contributed by atoms with E-state index in [1.54, 1.807) is 0 Å². The highest BCUT2D eigenvalue weighted by Gasteiger charge is 2.27. The summed E-state index contributed by atoms with van der Waals surface area (Å²) in [5.74, 6) is 0.959. The highest BCUT2D eigenvalue weighted by Crippen LogP contribution is 2.31. The Hall–Kier alpha value is -0.770. The first-order chi connectivity index (χ1) is 7.47. The molecule has 2 rings (SSSR count). The van der Waals surface area contributed by atoms with Gasteiger partial charge >= 0.3 is 0 Å². The minimum absolute atomic E-state index is 0.248. The average Bonchev–Trinajstić information content (AvgIpc) is 2.38. The van der Waals surface area contributed by atoms with Crippen LogP contribution < -0.4 is 10.6 Å². The van der Waals surface area contributed by atoms with Crippen molar-refractivity contribution in [3.05, 3.63) is 16.7 Å². The van der Waals surface area contributed by atoms with Crippen LogP contribution in [0.5, 0.6) is 0 Å². The maximum absolute atomic E-state index is 4.42. The van der Waals surface area contributed by atoms with Crippen LogP contribution in [0.4, 0.5) is 11.5 Å². The Morgan fingerprint density at radius 3 is 2.88 bits per heavy atom. The van der Waals surface area contributed by atoms with Crippen LogP contribution in [0.15, 0.2) is 16.7 Å². The molecule has 1 aromatic rings. The van der Waals surface area contributed by atoms with Crippen LogP contribution in [0.1, 0.15) is 27.2 Å². The van der Waals surface area contributed by atoms with Gasteiger partial charge in [-0.3, -0.25) is 0 Å². The van der Waals surface area contributed by atoms with Gasteiger partial charge in [0, 0.05) is 23.3 Å². The maximum atomic E-state index is 4.42. The zero-order valence-electron chi connectivity index (χ0n) is 9.97. The number of anilines is 2. The van der Waals surface area contributed by atoms with Gasteiger partial charge in [0.15, 0.2) is 0 Å². The summed E-state index contributed by atoms with van der Waals surface area (Å²) in [6, 6.07) is 2.52. The molecule has 0 amide bonds. The van der Waals surface area contributed by atoms with Crippen LogP contribution in [0, 0.1) is 5.41 Å². The normalized spacial score (nSPS) is 20.4. The summed E-state index contributed by atoms with van der Waals surface area (Å²) in [6.45, 7) is 7.76. The third kappa shape index (κ3) is 2.48. The van der Waals surface area contributed by atoms with E-state index in [0.29, 0.717) is 6.04 Å². The molecule has 1 aromatic heterocycles. The van der Waals surface area contributed by atoms with Crippen molar-refractivity contribution in [3.8, 4) is 0 Å². The Balaban J connectivity index is 2.28. The molecule has 1 unspecified atom stereocenters. The van der Waals surface area contributed by atoms with Crippen LogP contribution >= 0.6 is 15.9 Å². The fourth-order valence-electron chi connectivity index (χ4n) is 1.93. The van der Waals surface area contributed by atoms with Crippen LogP contribution in [-0.2, 0) is 0 Å². The maximum Gasteiger partial charge on any atom is 0.149 e. The Bertz CT molecular complexity index is 384. The van der Waals surface area contributed by atoms with Gasteiger partial charge in [0.25, 0.3) is 0 Å². The molecule has 1 aliphatic heterocycles. The average molecular weight is 284 g/mol. The second-order valence-electron chi connectivity index (χ2n) is 5.33. The van der Waals surface area contributed by atoms with Gasteiger partial charge in [-0.25, -0.2) is 4.98 Å². The first-order valence-corrected chi connectivity index (χ1v) is 6.42. The van der Waals surface area contributed by atoms with Crippen molar-refractivity contribution in [2.24, 2.45) is 5.41 Å². The molecule has 3 nitrogen and oxygen atoms in total. The molecule has 0 aromatic carbocycles. The van der Waals surface area contributed by atoms with Crippen LogP contribution in [0.3, 0.4) is 0 Å². The Morgan fingerprint density at radius 2 is 2.19 bits per heavy atom. The summed E-state index contributed by atoms with van der Waals surface area (Å²) in [5.41, 5.74) is 1.33. The van der Waals surface area contributed by atoms with E-state index in [4.69, 9.17) is 0 Å². The number of hydrogen-bond donors (Lipinski definition) is 2. The van der Waals surface area contributed by atoms with Gasteiger partial charge in [-0.05, 0) is 33.8 Å². The number of rotatable bonds is 0. The smallest absolute Gasteiger partial charge is 0.149 e. The fourth-order valence-corrected chi connectivity index (χ4v) is 2.26. The van der Waals surface area contributed by atoms with Gasteiger partial charge in [0.2, 0.25) is 0 Å². The van der Waals surface area contributed by atoms with Gasteiger partial charge in [-0.2, -0.15) is 0 Å². The number of nitrogens with zero attached hydrogens (tertiary/aromatic N) is 1. The van der Waals surface area contributed by atoms with E-state index < -0.39 is 0 Å². The predicted molar refractivity (Wildman–Crippen MR) is 71.9 cm³/mol. The highest BCUT2D eigenvalue weighted by molar-refractivity contribution is 9.10. The molecule has 0 bridgehead atoms. The third-order valence-electron chi connectivity index (χ3n) is 2.96. The standard InChI is InChI=1S/C12H18BrN3/c1-12(2,3)10-4-5-14-9-6-8(13)7-15-11(9)16-10/h6-7,10,14H,4-5H2,1-3H3,(H,15,16). The van der Waals surface area contributed by atoms with Crippen LogP contribution in [0.25, 0.3) is 0 Å². The molecule has 4 heteroatoms. The van der Waals surface area contributed by atoms with Crippen molar-refractivity contribution in [3.63, 3.8) is 0 Å². The van der Waals surface area contributed by atoms with Crippen LogP contribution in [0.2, 0.25) is 0 Å². The van der Waals surface area contributed by atoms with E-state index in [1.165, 1.54) is 0 Å². The molecule has 88 valence electrons. The largest absolute Gasteiger partial charge is 0.382 e. The Morgan fingerprint density at radius 1 is 1.44 bits per heavy atom. The number of hydrogen-bond acceptors (Lipinski definition) is 3. The predicted octanol–water partition coefficient (Wildman–Crippen LogP) is 3.49. The van der Waals surface area contributed by atoms with Crippen molar-refractivity contribution in [2.45, 2.75) is 33.2 Å². The van der Waals surface area contributed by atoms with Crippen molar-refractivity contribution < 1.29 is 0 Å². The first-order valence-electron chi connectivity index (χ1n) is 5.63. The summed E-state index contributed by atoms with van der Waals surface area (Å²) < 4.78 is 1.01. The zero-order chi connectivity index (χ0) is 11.8. The van der Waals surface area contributed by atoms with Gasteiger partial charge < -0.3 is 10.6 Å². The second-order valence-corrected chi connectivity index (χ2v) is 6.24. The van der Waals surface area contributed by atoms with Crippen molar-refractivity contribution >= 4 is 27.4 Å². The van der Waals surface area contributed by atoms with E-state index in [1.807, 2.05) is 6.20 Å². The lowest BCUT2D eigenvalue weighted by molar-refractivity contribution is 0.332. The van der Waals surface area contributed by atoms with Gasteiger partial charge in [-0.1, -0.05) is 20.8 Å². The second kappa shape index (κ2) is 4.24.